The van der Waals surface area contributed by atoms with Crippen molar-refractivity contribution in [2.75, 3.05) is 7.05 Å². The zero-order valence-electron chi connectivity index (χ0n) is 8.76. The highest BCUT2D eigenvalue weighted by molar-refractivity contribution is 6.06. The Bertz CT molecular complexity index is 347. The number of nitrogens with zero attached hydrogens (tertiary/aromatic N) is 1. The Hall–Kier alpha value is -1.64. The van der Waals surface area contributed by atoms with Crippen LogP contribution in [-0.2, 0) is 0 Å². The predicted octanol–water partition coefficient (Wildman–Crippen LogP) is 1.80. The molecule has 0 aliphatic rings. The Morgan fingerprint density at radius 1 is 1.36 bits per heavy atom. The Balaban J connectivity index is 2.95. The van der Waals surface area contributed by atoms with Crippen LogP contribution in [0.2, 0.25) is 0 Å². The Morgan fingerprint density at radius 3 is 2.43 bits per heavy atom. The maximum Gasteiger partial charge on any atom is 0.0627 e. The number of pyridine rings is 1. The summed E-state index contributed by atoms with van der Waals surface area (Å²) >= 11 is 0. The molecule has 1 heterocycles. The van der Waals surface area contributed by atoms with Gasteiger partial charge in [-0.1, -0.05) is 0 Å². The summed E-state index contributed by atoms with van der Waals surface area (Å²) in [5.41, 5.74) is 3.29. The molecule has 1 aromatic rings. The number of hydrogen-bond acceptors (Lipinski definition) is 3. The first-order valence-corrected chi connectivity index (χ1v) is 4.51. The number of hydrogen-bond donors (Lipinski definition) is 2. The monoisotopic (exact) mass is 189 g/mol. The minimum absolute atomic E-state index is 0.493. The lowest BCUT2D eigenvalue weighted by molar-refractivity contribution is 1.10. The molecular weight excluding hydrogens is 174 g/mol. The second-order valence-corrected chi connectivity index (χ2v) is 3.17. The average molecular weight is 189 g/mol. The Labute approximate surface area is 84.4 Å². The van der Waals surface area contributed by atoms with Gasteiger partial charge in [-0.15, -0.1) is 0 Å². The van der Waals surface area contributed by atoms with Gasteiger partial charge in [-0.3, -0.25) is 4.98 Å². The molecular formula is C11H15N3. The minimum atomic E-state index is 0.493. The quantitative estimate of drug-likeness (QED) is 0.712. The summed E-state index contributed by atoms with van der Waals surface area (Å²) in [6, 6.07) is 3.82. The van der Waals surface area contributed by atoms with Crippen LogP contribution < -0.4 is 5.32 Å². The second kappa shape index (κ2) is 4.56. The molecule has 0 bridgehead atoms. The number of aryl methyl sites for hydroxylation is 2. The van der Waals surface area contributed by atoms with Gasteiger partial charge in [0.25, 0.3) is 0 Å². The molecule has 0 fully saturated rings. The van der Waals surface area contributed by atoms with E-state index in [0.717, 1.165) is 17.0 Å². The summed E-state index contributed by atoms with van der Waals surface area (Å²) < 4.78 is 0. The van der Waals surface area contributed by atoms with Crippen LogP contribution in [0, 0.1) is 19.3 Å². The third-order valence-electron chi connectivity index (χ3n) is 1.81. The van der Waals surface area contributed by atoms with Crippen molar-refractivity contribution in [1.29, 1.82) is 5.41 Å². The van der Waals surface area contributed by atoms with Crippen LogP contribution in [0.25, 0.3) is 0 Å². The van der Waals surface area contributed by atoms with E-state index in [4.69, 9.17) is 5.41 Å². The first-order valence-electron chi connectivity index (χ1n) is 4.51. The van der Waals surface area contributed by atoms with E-state index < -0.39 is 0 Å². The summed E-state index contributed by atoms with van der Waals surface area (Å²) in [7, 11) is 1.81. The van der Waals surface area contributed by atoms with Crippen molar-refractivity contribution in [3.8, 4) is 0 Å². The highest BCUT2D eigenvalue weighted by Crippen LogP contribution is 2.06. The first kappa shape index (κ1) is 10.4. The zero-order valence-corrected chi connectivity index (χ0v) is 8.76. The lowest BCUT2D eigenvalue weighted by Gasteiger charge is -2.02. The summed E-state index contributed by atoms with van der Waals surface area (Å²) in [5.74, 6) is 0. The highest BCUT2D eigenvalue weighted by Gasteiger charge is 1.99. The van der Waals surface area contributed by atoms with E-state index in [0.29, 0.717) is 5.71 Å². The molecule has 3 heteroatoms. The molecule has 0 aliphatic carbocycles. The van der Waals surface area contributed by atoms with Crippen LogP contribution >= 0.6 is 0 Å². The summed E-state index contributed by atoms with van der Waals surface area (Å²) in [6.45, 7) is 3.87. The molecule has 0 atom stereocenters. The van der Waals surface area contributed by atoms with Crippen molar-refractivity contribution in [3.63, 3.8) is 0 Å². The van der Waals surface area contributed by atoms with Crippen LogP contribution in [0.5, 0.6) is 0 Å². The minimum Gasteiger partial charge on any atom is -0.394 e. The van der Waals surface area contributed by atoms with Crippen molar-refractivity contribution >= 4 is 5.71 Å². The fourth-order valence-corrected chi connectivity index (χ4v) is 1.25. The van der Waals surface area contributed by atoms with Crippen molar-refractivity contribution in [2.45, 2.75) is 13.8 Å². The average Bonchev–Trinajstić information content (AvgIpc) is 2.12. The third kappa shape index (κ3) is 2.69. The van der Waals surface area contributed by atoms with E-state index in [1.165, 1.54) is 0 Å². The lowest BCUT2D eigenvalue weighted by Crippen LogP contribution is -2.00. The van der Waals surface area contributed by atoms with Gasteiger partial charge in [-0.2, -0.15) is 0 Å². The van der Waals surface area contributed by atoms with Gasteiger partial charge in [0, 0.05) is 24.0 Å². The number of allylic oxidation sites excluding steroid dienone is 1. The molecule has 2 N–H and O–H groups in total. The molecule has 3 nitrogen and oxygen atoms in total. The van der Waals surface area contributed by atoms with Gasteiger partial charge in [0.1, 0.15) is 0 Å². The molecule has 0 saturated carbocycles. The molecule has 0 aliphatic heterocycles. The summed E-state index contributed by atoms with van der Waals surface area (Å²) in [6.07, 6.45) is 3.47. The van der Waals surface area contributed by atoms with Crippen LogP contribution in [0.15, 0.2) is 24.4 Å². The van der Waals surface area contributed by atoms with Crippen molar-refractivity contribution in [3.05, 3.63) is 41.4 Å². The molecule has 0 unspecified atom stereocenters. The van der Waals surface area contributed by atoms with Crippen LogP contribution in [0.4, 0.5) is 0 Å². The third-order valence-corrected chi connectivity index (χ3v) is 1.81. The highest BCUT2D eigenvalue weighted by atomic mass is 14.8. The standard InChI is InChI=1S/C11H15N3/c1-8-6-10(7-9(2)14-8)11(12)4-5-13-3/h4-7,12-13H,1-3H3/b5-4-,12-11?. The number of nitrogens with one attached hydrogen (secondary N) is 2. The van der Waals surface area contributed by atoms with Crippen molar-refractivity contribution in [2.24, 2.45) is 0 Å². The maximum absolute atomic E-state index is 7.77. The van der Waals surface area contributed by atoms with Gasteiger partial charge in [-0.25, -0.2) is 0 Å². The summed E-state index contributed by atoms with van der Waals surface area (Å²) in [5, 5.41) is 10.6. The van der Waals surface area contributed by atoms with Gasteiger partial charge in [0.15, 0.2) is 0 Å². The lowest BCUT2D eigenvalue weighted by atomic mass is 10.1. The first-order chi connectivity index (χ1) is 6.63. The molecule has 1 rings (SSSR count). The number of rotatable bonds is 3. The number of aromatic nitrogens is 1. The smallest absolute Gasteiger partial charge is 0.0627 e. The van der Waals surface area contributed by atoms with Crippen LogP contribution in [-0.4, -0.2) is 17.7 Å². The van der Waals surface area contributed by atoms with E-state index in [1.807, 2.05) is 33.0 Å². The van der Waals surface area contributed by atoms with E-state index in [2.05, 4.69) is 10.3 Å². The summed E-state index contributed by atoms with van der Waals surface area (Å²) in [4.78, 5) is 4.26. The van der Waals surface area contributed by atoms with E-state index in [9.17, 15) is 0 Å². The Morgan fingerprint density at radius 2 is 1.93 bits per heavy atom. The van der Waals surface area contributed by atoms with Gasteiger partial charge >= 0.3 is 0 Å². The largest absolute Gasteiger partial charge is 0.394 e. The molecule has 1 aromatic heterocycles. The fraction of sp³-hybridized carbons (Fsp3) is 0.273. The fourth-order valence-electron chi connectivity index (χ4n) is 1.25. The second-order valence-electron chi connectivity index (χ2n) is 3.17. The zero-order chi connectivity index (χ0) is 10.6. The van der Waals surface area contributed by atoms with Crippen molar-refractivity contribution in [1.82, 2.24) is 10.3 Å². The van der Waals surface area contributed by atoms with E-state index >= 15 is 0 Å². The van der Waals surface area contributed by atoms with Gasteiger partial charge in [-0.05, 0) is 38.3 Å². The van der Waals surface area contributed by atoms with E-state index in [1.54, 1.807) is 12.3 Å². The van der Waals surface area contributed by atoms with Gasteiger partial charge in [0.2, 0.25) is 0 Å². The molecule has 0 aromatic carbocycles. The van der Waals surface area contributed by atoms with Gasteiger partial charge in [0.05, 0.1) is 5.71 Å². The molecule has 0 saturated heterocycles. The maximum atomic E-state index is 7.77. The topological polar surface area (TPSA) is 48.8 Å². The molecule has 14 heavy (non-hydrogen) atoms. The normalized spacial score (nSPS) is 10.5. The Kier molecular flexibility index (Phi) is 3.40. The SMILES string of the molecule is CN/C=C\C(=N)c1cc(C)nc(C)c1. The predicted molar refractivity (Wildman–Crippen MR) is 58.7 cm³/mol. The van der Waals surface area contributed by atoms with E-state index in [-0.39, 0.29) is 0 Å². The molecule has 0 spiro atoms. The van der Waals surface area contributed by atoms with Gasteiger partial charge < -0.3 is 10.7 Å². The molecule has 0 amide bonds. The van der Waals surface area contributed by atoms with Crippen LogP contribution in [0.3, 0.4) is 0 Å². The molecule has 0 radical (unpaired) electrons. The van der Waals surface area contributed by atoms with Crippen molar-refractivity contribution < 1.29 is 0 Å². The van der Waals surface area contributed by atoms with Crippen LogP contribution in [0.1, 0.15) is 17.0 Å². The molecule has 74 valence electrons.